The molecule has 0 amide bonds. The Morgan fingerprint density at radius 2 is 2.41 bits per heavy atom. The summed E-state index contributed by atoms with van der Waals surface area (Å²) in [5.74, 6) is 0.849. The first kappa shape index (κ1) is 12.5. The zero-order valence-corrected chi connectivity index (χ0v) is 10.3. The maximum atomic E-state index is 5.53. The largest absolute Gasteiger partial charge is 0.380 e. The molecule has 0 radical (unpaired) electrons. The van der Waals surface area contributed by atoms with Gasteiger partial charge in [-0.05, 0) is 18.8 Å². The number of nitrogens with zero attached hydrogens (tertiary/aromatic N) is 2. The first-order chi connectivity index (χ1) is 8.38. The van der Waals surface area contributed by atoms with Crippen molar-refractivity contribution in [2.24, 2.45) is 11.7 Å². The van der Waals surface area contributed by atoms with Crippen LogP contribution in [0.25, 0.3) is 0 Å². The molecule has 0 atom stereocenters. The van der Waals surface area contributed by atoms with Gasteiger partial charge in [-0.3, -0.25) is 0 Å². The highest BCUT2D eigenvalue weighted by Gasteiger charge is 2.20. The van der Waals surface area contributed by atoms with Crippen molar-refractivity contribution in [1.82, 2.24) is 14.9 Å². The molecule has 1 fully saturated rings. The first-order valence-corrected chi connectivity index (χ1v) is 6.37. The number of hydrogen-bond donors (Lipinski definition) is 2. The Labute approximate surface area is 102 Å². The van der Waals surface area contributed by atoms with Crippen LogP contribution in [0, 0.1) is 5.92 Å². The second-order valence-corrected chi connectivity index (χ2v) is 4.59. The Bertz CT molecular complexity index is 322. The molecule has 1 aliphatic carbocycles. The molecule has 0 saturated heterocycles. The highest BCUT2D eigenvalue weighted by Crippen LogP contribution is 2.28. The lowest BCUT2D eigenvalue weighted by molar-refractivity contribution is 0.126. The quantitative estimate of drug-likeness (QED) is 0.610. The van der Waals surface area contributed by atoms with Crippen molar-refractivity contribution in [2.45, 2.75) is 25.9 Å². The molecule has 1 aromatic rings. The van der Waals surface area contributed by atoms with Gasteiger partial charge in [0.1, 0.15) is 0 Å². The minimum absolute atomic E-state index is 0.651. The molecule has 0 aliphatic heterocycles. The van der Waals surface area contributed by atoms with Gasteiger partial charge in [0, 0.05) is 39.0 Å². The molecule has 1 heterocycles. The van der Waals surface area contributed by atoms with Gasteiger partial charge in [-0.1, -0.05) is 0 Å². The Morgan fingerprint density at radius 1 is 1.53 bits per heavy atom. The number of aromatic nitrogens is 2. The van der Waals surface area contributed by atoms with E-state index in [-0.39, 0.29) is 0 Å². The summed E-state index contributed by atoms with van der Waals surface area (Å²) in [6, 6.07) is 0. The maximum Gasteiger partial charge on any atom is 0.0950 e. The van der Waals surface area contributed by atoms with Crippen molar-refractivity contribution < 1.29 is 4.74 Å². The molecule has 0 aromatic carbocycles. The second-order valence-electron chi connectivity index (χ2n) is 4.59. The molecular formula is C12H22N4O. The normalized spacial score (nSPS) is 15.4. The zero-order chi connectivity index (χ0) is 11.9. The standard InChI is InChI=1S/C12H22N4O/c13-3-5-16-8-12(15-10-16)7-14-4-6-17-9-11-1-2-11/h8,10-11,14H,1-7,9,13H2. The summed E-state index contributed by atoms with van der Waals surface area (Å²) < 4.78 is 7.55. The topological polar surface area (TPSA) is 65.1 Å². The van der Waals surface area contributed by atoms with Crippen LogP contribution in [-0.4, -0.2) is 35.9 Å². The van der Waals surface area contributed by atoms with Crippen LogP contribution in [0.2, 0.25) is 0 Å². The van der Waals surface area contributed by atoms with Gasteiger partial charge in [0.15, 0.2) is 0 Å². The summed E-state index contributed by atoms with van der Waals surface area (Å²) in [5.41, 5.74) is 6.53. The van der Waals surface area contributed by atoms with Crippen LogP contribution in [0.4, 0.5) is 0 Å². The Kier molecular flexibility index (Phi) is 4.97. The van der Waals surface area contributed by atoms with Gasteiger partial charge in [0.05, 0.1) is 18.6 Å². The van der Waals surface area contributed by atoms with E-state index >= 15 is 0 Å². The van der Waals surface area contributed by atoms with Gasteiger partial charge < -0.3 is 20.4 Å². The van der Waals surface area contributed by atoms with E-state index in [1.54, 1.807) is 0 Å². The zero-order valence-electron chi connectivity index (χ0n) is 10.3. The monoisotopic (exact) mass is 238 g/mol. The van der Waals surface area contributed by atoms with Crippen LogP contribution in [0.1, 0.15) is 18.5 Å². The van der Waals surface area contributed by atoms with Gasteiger partial charge in [-0.2, -0.15) is 0 Å². The molecular weight excluding hydrogens is 216 g/mol. The Morgan fingerprint density at radius 3 is 3.18 bits per heavy atom. The van der Waals surface area contributed by atoms with E-state index in [0.29, 0.717) is 6.54 Å². The van der Waals surface area contributed by atoms with Crippen molar-refractivity contribution >= 4 is 0 Å². The fraction of sp³-hybridized carbons (Fsp3) is 0.750. The van der Waals surface area contributed by atoms with Gasteiger partial charge in [0.25, 0.3) is 0 Å². The third-order valence-electron chi connectivity index (χ3n) is 2.85. The highest BCUT2D eigenvalue weighted by atomic mass is 16.5. The average molecular weight is 238 g/mol. The number of ether oxygens (including phenoxy) is 1. The molecule has 96 valence electrons. The predicted molar refractivity (Wildman–Crippen MR) is 66.5 cm³/mol. The average Bonchev–Trinajstić information content (AvgIpc) is 3.05. The van der Waals surface area contributed by atoms with Crippen LogP contribution in [0.5, 0.6) is 0 Å². The molecule has 1 aliphatic rings. The SMILES string of the molecule is NCCn1cnc(CNCCOCC2CC2)c1. The van der Waals surface area contributed by atoms with E-state index in [4.69, 9.17) is 10.5 Å². The molecule has 17 heavy (non-hydrogen) atoms. The third-order valence-corrected chi connectivity index (χ3v) is 2.85. The van der Waals surface area contributed by atoms with Crippen LogP contribution in [0.3, 0.4) is 0 Å². The van der Waals surface area contributed by atoms with Crippen molar-refractivity contribution in [3.63, 3.8) is 0 Å². The van der Waals surface area contributed by atoms with E-state index in [2.05, 4.69) is 10.3 Å². The molecule has 1 aromatic heterocycles. The molecule has 2 rings (SSSR count). The number of hydrogen-bond acceptors (Lipinski definition) is 4. The lowest BCUT2D eigenvalue weighted by Gasteiger charge is -2.04. The van der Waals surface area contributed by atoms with Crippen LogP contribution < -0.4 is 11.1 Å². The summed E-state index contributed by atoms with van der Waals surface area (Å²) in [6.07, 6.45) is 6.57. The predicted octanol–water partition coefficient (Wildman–Crippen LogP) is 0.358. The number of rotatable bonds is 9. The Balaban J connectivity index is 1.50. The lowest BCUT2D eigenvalue weighted by atomic mass is 10.4. The Hall–Kier alpha value is -0.910. The van der Waals surface area contributed by atoms with Crippen molar-refractivity contribution in [3.8, 4) is 0 Å². The summed E-state index contributed by atoms with van der Waals surface area (Å²) >= 11 is 0. The minimum Gasteiger partial charge on any atom is -0.380 e. The smallest absolute Gasteiger partial charge is 0.0950 e. The minimum atomic E-state index is 0.651. The molecule has 0 bridgehead atoms. The van der Waals surface area contributed by atoms with E-state index < -0.39 is 0 Å². The number of nitrogens with one attached hydrogen (secondary N) is 1. The third kappa shape index (κ3) is 4.85. The fourth-order valence-corrected chi connectivity index (χ4v) is 1.66. The van der Waals surface area contributed by atoms with Crippen LogP contribution >= 0.6 is 0 Å². The molecule has 1 saturated carbocycles. The van der Waals surface area contributed by atoms with Crippen LogP contribution in [0.15, 0.2) is 12.5 Å². The van der Waals surface area contributed by atoms with E-state index in [1.165, 1.54) is 12.8 Å². The van der Waals surface area contributed by atoms with E-state index in [0.717, 1.165) is 44.5 Å². The summed E-state index contributed by atoms with van der Waals surface area (Å²) in [5, 5.41) is 3.32. The summed E-state index contributed by atoms with van der Waals surface area (Å²) in [6.45, 7) is 4.89. The number of imidazole rings is 1. The lowest BCUT2D eigenvalue weighted by Crippen LogP contribution is -2.20. The maximum absolute atomic E-state index is 5.53. The first-order valence-electron chi connectivity index (χ1n) is 6.37. The summed E-state index contributed by atoms with van der Waals surface area (Å²) in [7, 11) is 0. The van der Waals surface area contributed by atoms with Gasteiger partial charge >= 0.3 is 0 Å². The second kappa shape index (κ2) is 6.74. The van der Waals surface area contributed by atoms with Gasteiger partial charge in [0.2, 0.25) is 0 Å². The highest BCUT2D eigenvalue weighted by molar-refractivity contribution is 4.96. The van der Waals surface area contributed by atoms with Gasteiger partial charge in [-0.25, -0.2) is 4.98 Å². The van der Waals surface area contributed by atoms with Gasteiger partial charge in [-0.15, -0.1) is 0 Å². The van der Waals surface area contributed by atoms with Crippen molar-refractivity contribution in [2.75, 3.05) is 26.3 Å². The number of nitrogens with two attached hydrogens (primary N) is 1. The molecule has 5 heteroatoms. The molecule has 0 spiro atoms. The van der Waals surface area contributed by atoms with Crippen molar-refractivity contribution in [1.29, 1.82) is 0 Å². The van der Waals surface area contributed by atoms with Crippen molar-refractivity contribution in [3.05, 3.63) is 18.2 Å². The molecule has 5 nitrogen and oxygen atoms in total. The van der Waals surface area contributed by atoms with E-state index in [1.807, 2.05) is 17.1 Å². The molecule has 0 unspecified atom stereocenters. The molecule has 3 N–H and O–H groups in total. The fourth-order valence-electron chi connectivity index (χ4n) is 1.66. The van der Waals surface area contributed by atoms with Crippen LogP contribution in [-0.2, 0) is 17.8 Å². The van der Waals surface area contributed by atoms with E-state index in [9.17, 15) is 0 Å². The summed E-state index contributed by atoms with van der Waals surface area (Å²) in [4.78, 5) is 4.29.